The van der Waals surface area contributed by atoms with Crippen molar-refractivity contribution in [1.29, 1.82) is 0 Å². The van der Waals surface area contributed by atoms with Gasteiger partial charge in [0.2, 0.25) is 0 Å². The molecule has 0 amide bonds. The monoisotopic (exact) mass is 234 g/mol. The van der Waals surface area contributed by atoms with Crippen LogP contribution >= 0.6 is 0 Å². The predicted octanol–water partition coefficient (Wildman–Crippen LogP) is 2.57. The van der Waals surface area contributed by atoms with Gasteiger partial charge in [0, 0.05) is 6.04 Å². The smallest absolute Gasteiger partial charge is 0.408 e. The first-order valence-electron chi connectivity index (χ1n) is 6.10. The van der Waals surface area contributed by atoms with Crippen molar-refractivity contribution in [3.63, 3.8) is 0 Å². The number of hydrogen-bond acceptors (Lipinski definition) is 3. The molecule has 0 aliphatic carbocycles. The lowest BCUT2D eigenvalue weighted by Gasteiger charge is -2.16. The molecule has 0 aliphatic heterocycles. The zero-order valence-electron chi connectivity index (χ0n) is 10.2. The summed E-state index contributed by atoms with van der Waals surface area (Å²) in [5.41, 5.74) is 2.55. The van der Waals surface area contributed by atoms with E-state index in [1.54, 1.807) is 0 Å². The van der Waals surface area contributed by atoms with Crippen molar-refractivity contribution in [1.82, 2.24) is 10.3 Å². The molecule has 0 aliphatic rings. The van der Waals surface area contributed by atoms with E-state index in [1.807, 2.05) is 18.2 Å². The molecule has 1 heterocycles. The summed E-state index contributed by atoms with van der Waals surface area (Å²) in [7, 11) is 0. The van der Waals surface area contributed by atoms with Crippen molar-refractivity contribution in [2.24, 2.45) is 0 Å². The number of oxazole rings is 1. The van der Waals surface area contributed by atoms with Crippen LogP contribution in [0.5, 0.6) is 0 Å². The second kappa shape index (κ2) is 5.19. The summed E-state index contributed by atoms with van der Waals surface area (Å²) >= 11 is 0. The Kier molecular flexibility index (Phi) is 3.64. The molecular formula is C13H18N2O2. The Hall–Kier alpha value is -1.55. The molecule has 1 atom stereocenters. The van der Waals surface area contributed by atoms with Gasteiger partial charge in [-0.2, -0.15) is 0 Å². The van der Waals surface area contributed by atoms with Gasteiger partial charge in [-0.15, -0.1) is 0 Å². The standard InChI is InChI=1S/C13H18N2O2/c1-3-7-14-10(4-2)9-5-6-11-12(8-9)17-13(16)15-11/h5-6,8,10,14H,3-4,7H2,1-2H3,(H,15,16). The number of nitrogens with one attached hydrogen (secondary N) is 2. The van der Waals surface area contributed by atoms with E-state index in [1.165, 1.54) is 0 Å². The summed E-state index contributed by atoms with van der Waals surface area (Å²) in [5, 5.41) is 3.48. The second-order valence-corrected chi connectivity index (χ2v) is 4.19. The average molecular weight is 234 g/mol. The normalized spacial score (nSPS) is 13.1. The zero-order valence-corrected chi connectivity index (χ0v) is 10.2. The molecular weight excluding hydrogens is 216 g/mol. The molecule has 4 heteroatoms. The van der Waals surface area contributed by atoms with Crippen molar-refractivity contribution in [2.75, 3.05) is 6.54 Å². The lowest BCUT2D eigenvalue weighted by Crippen LogP contribution is -2.21. The highest BCUT2D eigenvalue weighted by molar-refractivity contribution is 5.72. The number of fused-ring (bicyclic) bond motifs is 1. The third-order valence-electron chi connectivity index (χ3n) is 2.90. The Morgan fingerprint density at radius 1 is 1.41 bits per heavy atom. The Balaban J connectivity index is 2.30. The quantitative estimate of drug-likeness (QED) is 0.836. The van der Waals surface area contributed by atoms with Crippen LogP contribution in [0.3, 0.4) is 0 Å². The third-order valence-corrected chi connectivity index (χ3v) is 2.90. The SMILES string of the molecule is CCCNC(CC)c1ccc2[nH]c(=O)oc2c1. The number of hydrogen-bond donors (Lipinski definition) is 2. The molecule has 0 saturated heterocycles. The van der Waals surface area contributed by atoms with E-state index in [-0.39, 0.29) is 0 Å². The molecule has 1 unspecified atom stereocenters. The van der Waals surface area contributed by atoms with Gasteiger partial charge < -0.3 is 9.73 Å². The van der Waals surface area contributed by atoms with Crippen molar-refractivity contribution >= 4 is 11.1 Å². The highest BCUT2D eigenvalue weighted by Crippen LogP contribution is 2.20. The minimum absolute atomic E-state index is 0.319. The highest BCUT2D eigenvalue weighted by atomic mass is 16.4. The maximum absolute atomic E-state index is 11.1. The van der Waals surface area contributed by atoms with Gasteiger partial charge in [0.05, 0.1) is 5.52 Å². The molecule has 0 radical (unpaired) electrons. The summed E-state index contributed by atoms with van der Waals surface area (Å²) in [6.07, 6.45) is 2.12. The van der Waals surface area contributed by atoms with Crippen LogP contribution in [0.2, 0.25) is 0 Å². The van der Waals surface area contributed by atoms with E-state index < -0.39 is 5.76 Å². The van der Waals surface area contributed by atoms with E-state index in [9.17, 15) is 4.79 Å². The summed E-state index contributed by atoms with van der Waals surface area (Å²) in [6, 6.07) is 6.18. The minimum atomic E-state index is -0.397. The second-order valence-electron chi connectivity index (χ2n) is 4.19. The minimum Gasteiger partial charge on any atom is -0.408 e. The maximum Gasteiger partial charge on any atom is 0.417 e. The highest BCUT2D eigenvalue weighted by Gasteiger charge is 2.10. The average Bonchev–Trinajstić information content (AvgIpc) is 2.69. The van der Waals surface area contributed by atoms with Crippen LogP contribution in [0, 0.1) is 0 Å². The number of H-pyrrole nitrogens is 1. The van der Waals surface area contributed by atoms with E-state index >= 15 is 0 Å². The molecule has 4 nitrogen and oxygen atoms in total. The molecule has 92 valence electrons. The van der Waals surface area contributed by atoms with Gasteiger partial charge in [-0.05, 0) is 37.1 Å². The molecule has 17 heavy (non-hydrogen) atoms. The molecule has 0 spiro atoms. The van der Waals surface area contributed by atoms with Gasteiger partial charge >= 0.3 is 5.76 Å². The zero-order chi connectivity index (χ0) is 12.3. The molecule has 0 bridgehead atoms. The van der Waals surface area contributed by atoms with Crippen LogP contribution in [-0.2, 0) is 0 Å². The van der Waals surface area contributed by atoms with Crippen molar-refractivity contribution in [2.45, 2.75) is 32.7 Å². The lowest BCUT2D eigenvalue weighted by molar-refractivity contribution is 0.516. The van der Waals surface area contributed by atoms with Gasteiger partial charge in [0.15, 0.2) is 5.58 Å². The van der Waals surface area contributed by atoms with Gasteiger partial charge in [-0.1, -0.05) is 19.9 Å². The maximum atomic E-state index is 11.1. The fourth-order valence-corrected chi connectivity index (χ4v) is 2.00. The third kappa shape index (κ3) is 2.58. The number of rotatable bonds is 5. The Bertz CT molecular complexity index is 542. The Morgan fingerprint density at radius 3 is 2.94 bits per heavy atom. The van der Waals surface area contributed by atoms with Crippen LogP contribution in [0.1, 0.15) is 38.3 Å². The predicted molar refractivity (Wildman–Crippen MR) is 68.2 cm³/mol. The number of benzene rings is 1. The van der Waals surface area contributed by atoms with Crippen LogP contribution in [0.15, 0.2) is 27.4 Å². The van der Waals surface area contributed by atoms with Gasteiger partial charge in [0.1, 0.15) is 0 Å². The van der Waals surface area contributed by atoms with Crippen LogP contribution < -0.4 is 11.1 Å². The molecule has 1 aromatic carbocycles. The largest absolute Gasteiger partial charge is 0.417 e. The topological polar surface area (TPSA) is 58.0 Å². The number of aromatic amines is 1. The van der Waals surface area contributed by atoms with Crippen LogP contribution in [0.25, 0.3) is 11.1 Å². The van der Waals surface area contributed by atoms with E-state index in [0.29, 0.717) is 11.6 Å². The van der Waals surface area contributed by atoms with Gasteiger partial charge in [0.25, 0.3) is 0 Å². The van der Waals surface area contributed by atoms with Crippen molar-refractivity contribution in [3.8, 4) is 0 Å². The summed E-state index contributed by atoms with van der Waals surface area (Å²) in [6.45, 7) is 5.28. The summed E-state index contributed by atoms with van der Waals surface area (Å²) in [5.74, 6) is -0.397. The molecule has 0 fully saturated rings. The molecule has 2 rings (SSSR count). The van der Waals surface area contributed by atoms with E-state index in [0.717, 1.165) is 30.5 Å². The van der Waals surface area contributed by atoms with Gasteiger partial charge in [-0.3, -0.25) is 4.98 Å². The van der Waals surface area contributed by atoms with Crippen molar-refractivity contribution in [3.05, 3.63) is 34.3 Å². The van der Waals surface area contributed by atoms with Crippen molar-refractivity contribution < 1.29 is 4.42 Å². The van der Waals surface area contributed by atoms with E-state index in [4.69, 9.17) is 4.42 Å². The molecule has 1 aromatic heterocycles. The number of aromatic nitrogens is 1. The summed E-state index contributed by atoms with van der Waals surface area (Å²) in [4.78, 5) is 13.7. The molecule has 2 N–H and O–H groups in total. The molecule has 0 saturated carbocycles. The van der Waals surface area contributed by atoms with E-state index in [2.05, 4.69) is 24.1 Å². The first-order valence-corrected chi connectivity index (χ1v) is 6.10. The summed E-state index contributed by atoms with van der Waals surface area (Å²) < 4.78 is 5.07. The Labute approximate surface area is 100 Å². The van der Waals surface area contributed by atoms with Crippen LogP contribution in [0.4, 0.5) is 0 Å². The fraction of sp³-hybridized carbons (Fsp3) is 0.462. The fourth-order valence-electron chi connectivity index (χ4n) is 2.00. The molecule has 2 aromatic rings. The van der Waals surface area contributed by atoms with Gasteiger partial charge in [-0.25, -0.2) is 4.79 Å². The lowest BCUT2D eigenvalue weighted by atomic mass is 10.0. The Morgan fingerprint density at radius 2 is 2.24 bits per heavy atom. The first-order chi connectivity index (χ1) is 8.24. The first kappa shape index (κ1) is 11.9. The van der Waals surface area contributed by atoms with Crippen LogP contribution in [-0.4, -0.2) is 11.5 Å².